The predicted octanol–water partition coefficient (Wildman–Crippen LogP) is 9.84. The van der Waals surface area contributed by atoms with Gasteiger partial charge < -0.3 is 24.4 Å². The Morgan fingerprint density at radius 3 is 2.00 bits per heavy atom. The summed E-state index contributed by atoms with van der Waals surface area (Å²) >= 11 is 0. The highest BCUT2D eigenvalue weighted by molar-refractivity contribution is 7.46. The molecule has 0 fully saturated rings. The molecular formula is C38H69O9P. The van der Waals surface area contributed by atoms with Gasteiger partial charge in [-0.15, -0.1) is 0 Å². The summed E-state index contributed by atoms with van der Waals surface area (Å²) in [6.45, 7) is 5.81. The van der Waals surface area contributed by atoms with Gasteiger partial charge in [0, 0.05) is 12.8 Å². The molecule has 0 aliphatic rings. The molecule has 0 heterocycles. The van der Waals surface area contributed by atoms with Gasteiger partial charge in [-0.05, 0) is 44.4 Å². The molecule has 2 unspecified atom stereocenters. The molecule has 0 spiro atoms. The number of esters is 2. The molecule has 9 nitrogen and oxygen atoms in total. The van der Waals surface area contributed by atoms with E-state index in [1.54, 1.807) is 12.2 Å². The number of aliphatic hydroxyl groups is 1. The second-order valence-corrected chi connectivity index (χ2v) is 14.2. The van der Waals surface area contributed by atoms with Crippen molar-refractivity contribution in [1.82, 2.24) is 0 Å². The van der Waals surface area contributed by atoms with Gasteiger partial charge in [0.05, 0.1) is 12.7 Å². The largest absolute Gasteiger partial charge is 0.469 e. The van der Waals surface area contributed by atoms with Crippen molar-refractivity contribution in [3.05, 3.63) is 36.5 Å². The van der Waals surface area contributed by atoms with Crippen molar-refractivity contribution < 1.29 is 43.0 Å². The van der Waals surface area contributed by atoms with Crippen LogP contribution in [0.3, 0.4) is 0 Å². The van der Waals surface area contributed by atoms with Crippen LogP contribution in [-0.2, 0) is 28.2 Å². The van der Waals surface area contributed by atoms with E-state index in [0.717, 1.165) is 38.0 Å². The zero-order valence-electron chi connectivity index (χ0n) is 30.4. The van der Waals surface area contributed by atoms with Gasteiger partial charge in [0.15, 0.2) is 6.10 Å². The van der Waals surface area contributed by atoms with E-state index in [-0.39, 0.29) is 19.4 Å². The summed E-state index contributed by atoms with van der Waals surface area (Å²) in [4.78, 5) is 42.7. The number of carbonyl (C=O) groups is 2. The van der Waals surface area contributed by atoms with Crippen LogP contribution in [0.15, 0.2) is 36.5 Å². The highest BCUT2D eigenvalue weighted by atomic mass is 31.2. The topological polar surface area (TPSA) is 140 Å². The van der Waals surface area contributed by atoms with Gasteiger partial charge in [-0.2, -0.15) is 0 Å². The van der Waals surface area contributed by atoms with Crippen LogP contribution in [0.25, 0.3) is 0 Å². The zero-order valence-corrected chi connectivity index (χ0v) is 31.3. The Balaban J connectivity index is 4.20. The van der Waals surface area contributed by atoms with Crippen molar-refractivity contribution in [2.45, 2.75) is 174 Å². The number of allylic oxidation sites excluding steroid dienone is 5. The summed E-state index contributed by atoms with van der Waals surface area (Å²) < 4.78 is 26.2. The molecule has 3 atom stereocenters. The third-order valence-corrected chi connectivity index (χ3v) is 8.79. The van der Waals surface area contributed by atoms with Crippen molar-refractivity contribution in [3.63, 3.8) is 0 Å². The molecular weight excluding hydrogens is 631 g/mol. The standard InChI is InChI=1S/C38H69O9P/c1-4-6-7-8-9-10-11-12-13-14-18-21-24-28-35(39)29-26-31-38(41)47-36(33-46-48(42,43)44)32-45-37(40)30-25-22-19-16-15-17-20-23-27-34(3)5-2/h12-13,18,21,24,28,34-36,39H,4-11,14-17,19-20,22-23,25-27,29-33H2,1-3H3,(H2,42,43,44)/b13-12+,21-18+,28-24+/t34?,35?,36-/m1/s1. The number of hydrogen-bond donors (Lipinski definition) is 3. The lowest BCUT2D eigenvalue weighted by molar-refractivity contribution is -0.161. The number of phosphoric acid groups is 1. The third kappa shape index (κ3) is 34.1. The maximum atomic E-state index is 12.4. The maximum absolute atomic E-state index is 12.4. The van der Waals surface area contributed by atoms with Crippen LogP contribution in [0.1, 0.15) is 162 Å². The van der Waals surface area contributed by atoms with Gasteiger partial charge in [0.25, 0.3) is 0 Å². The normalized spacial score (nSPS) is 14.2. The molecule has 3 N–H and O–H groups in total. The third-order valence-electron chi connectivity index (χ3n) is 8.31. The van der Waals surface area contributed by atoms with Crippen LogP contribution in [0, 0.1) is 5.92 Å². The maximum Gasteiger partial charge on any atom is 0.469 e. The molecule has 0 aromatic heterocycles. The highest BCUT2D eigenvalue weighted by Gasteiger charge is 2.23. The summed E-state index contributed by atoms with van der Waals surface area (Å²) in [5, 5.41) is 10.2. The number of unbranched alkanes of at least 4 members (excludes halogenated alkanes) is 13. The van der Waals surface area contributed by atoms with Crippen molar-refractivity contribution in [1.29, 1.82) is 0 Å². The first-order valence-corrected chi connectivity index (χ1v) is 20.3. The van der Waals surface area contributed by atoms with Crippen LogP contribution in [0.2, 0.25) is 0 Å². The van der Waals surface area contributed by atoms with Gasteiger partial charge in [0.2, 0.25) is 0 Å². The Morgan fingerprint density at radius 1 is 0.708 bits per heavy atom. The minimum Gasteiger partial charge on any atom is -0.462 e. The van der Waals surface area contributed by atoms with E-state index < -0.39 is 38.6 Å². The fraction of sp³-hybridized carbons (Fsp3) is 0.789. The first-order chi connectivity index (χ1) is 23.1. The number of ether oxygens (including phenoxy) is 2. The molecule has 0 aromatic carbocycles. The average Bonchev–Trinajstić information content (AvgIpc) is 3.04. The highest BCUT2D eigenvalue weighted by Crippen LogP contribution is 2.36. The Kier molecular flexibility index (Phi) is 31.2. The number of hydrogen-bond acceptors (Lipinski definition) is 7. The number of phosphoric ester groups is 1. The molecule has 0 amide bonds. The molecule has 0 radical (unpaired) electrons. The molecule has 0 saturated carbocycles. The molecule has 280 valence electrons. The van der Waals surface area contributed by atoms with Gasteiger partial charge in [-0.25, -0.2) is 4.57 Å². The molecule has 0 aliphatic carbocycles. The lowest BCUT2D eigenvalue weighted by Crippen LogP contribution is -2.29. The predicted molar refractivity (Wildman–Crippen MR) is 194 cm³/mol. The Morgan fingerprint density at radius 2 is 1.33 bits per heavy atom. The summed E-state index contributed by atoms with van der Waals surface area (Å²) in [5.41, 5.74) is 0. The fourth-order valence-electron chi connectivity index (χ4n) is 5.06. The zero-order chi connectivity index (χ0) is 35.7. The van der Waals surface area contributed by atoms with Crippen LogP contribution in [-0.4, -0.2) is 52.3 Å². The van der Waals surface area contributed by atoms with E-state index in [2.05, 4.69) is 37.4 Å². The molecule has 48 heavy (non-hydrogen) atoms. The molecule has 0 aromatic rings. The molecule has 0 bridgehead atoms. The van der Waals surface area contributed by atoms with Crippen molar-refractivity contribution in [2.24, 2.45) is 5.92 Å². The minimum atomic E-state index is -4.80. The molecule has 0 aliphatic heterocycles. The van der Waals surface area contributed by atoms with Crippen LogP contribution < -0.4 is 0 Å². The lowest BCUT2D eigenvalue weighted by Gasteiger charge is -2.18. The number of aliphatic hydroxyl groups excluding tert-OH is 1. The monoisotopic (exact) mass is 700 g/mol. The quantitative estimate of drug-likeness (QED) is 0.0201. The van der Waals surface area contributed by atoms with E-state index in [1.165, 1.54) is 77.0 Å². The van der Waals surface area contributed by atoms with Gasteiger partial charge >= 0.3 is 19.8 Å². The first kappa shape index (κ1) is 46.2. The van der Waals surface area contributed by atoms with Gasteiger partial charge in [0.1, 0.15) is 6.61 Å². The smallest absolute Gasteiger partial charge is 0.462 e. The van der Waals surface area contributed by atoms with Crippen LogP contribution >= 0.6 is 7.82 Å². The van der Waals surface area contributed by atoms with Crippen LogP contribution in [0.5, 0.6) is 0 Å². The van der Waals surface area contributed by atoms with Gasteiger partial charge in [-0.1, -0.05) is 147 Å². The van der Waals surface area contributed by atoms with Crippen LogP contribution in [0.4, 0.5) is 0 Å². The second-order valence-electron chi connectivity index (χ2n) is 13.0. The first-order valence-electron chi connectivity index (χ1n) is 18.8. The summed E-state index contributed by atoms with van der Waals surface area (Å²) in [7, 11) is -4.80. The minimum absolute atomic E-state index is 0.0116. The van der Waals surface area contributed by atoms with E-state index in [0.29, 0.717) is 19.3 Å². The van der Waals surface area contributed by atoms with E-state index in [1.807, 2.05) is 12.2 Å². The van der Waals surface area contributed by atoms with Gasteiger partial charge in [-0.3, -0.25) is 14.1 Å². The fourth-order valence-corrected chi connectivity index (χ4v) is 5.42. The van der Waals surface area contributed by atoms with Crippen molar-refractivity contribution in [3.8, 4) is 0 Å². The molecule has 10 heteroatoms. The molecule has 0 saturated heterocycles. The Labute approximate surface area is 292 Å². The Hall–Kier alpha value is -1.77. The van der Waals surface area contributed by atoms with E-state index in [4.69, 9.17) is 19.3 Å². The van der Waals surface area contributed by atoms with E-state index in [9.17, 15) is 19.3 Å². The summed E-state index contributed by atoms with van der Waals surface area (Å²) in [6.07, 6.45) is 31.9. The van der Waals surface area contributed by atoms with Crippen molar-refractivity contribution in [2.75, 3.05) is 13.2 Å². The van der Waals surface area contributed by atoms with E-state index >= 15 is 0 Å². The average molecular weight is 701 g/mol. The molecule has 0 rings (SSSR count). The lowest BCUT2D eigenvalue weighted by atomic mass is 9.99. The Bertz CT molecular complexity index is 912. The number of carbonyl (C=O) groups excluding carboxylic acids is 2. The summed E-state index contributed by atoms with van der Waals surface area (Å²) in [6, 6.07) is 0. The number of rotatable bonds is 33. The van der Waals surface area contributed by atoms with Crippen molar-refractivity contribution >= 4 is 19.8 Å². The summed E-state index contributed by atoms with van der Waals surface area (Å²) in [5.74, 6) is -0.270. The second kappa shape index (κ2) is 32.4. The SMILES string of the molecule is CCCCCCCC/C=C/C/C=C/C=C/C(O)CCCC(=O)O[C@H](COC(=O)CCCCCCCCCCC(C)CC)COP(=O)(O)O.